The van der Waals surface area contributed by atoms with Gasteiger partial charge in [0, 0.05) is 50.8 Å². The number of amides is 4. The van der Waals surface area contributed by atoms with E-state index in [0.29, 0.717) is 30.1 Å². The minimum Gasteiger partial charge on any atom is -0.491 e. The molecule has 4 amide bonds. The highest BCUT2D eigenvalue weighted by Crippen LogP contribution is 2.30. The highest BCUT2D eigenvalue weighted by Gasteiger charge is 2.31. The van der Waals surface area contributed by atoms with Crippen LogP contribution in [0.5, 0.6) is 5.75 Å². The predicted octanol–water partition coefficient (Wildman–Crippen LogP) is 3.35. The number of rotatable bonds is 4. The summed E-state index contributed by atoms with van der Waals surface area (Å²) >= 11 is 0. The Labute approximate surface area is 208 Å². The lowest BCUT2D eigenvalue weighted by Gasteiger charge is -2.36. The molecule has 2 N–H and O–H groups in total. The van der Waals surface area contributed by atoms with Crippen LogP contribution in [0.4, 0.5) is 10.5 Å². The third-order valence-corrected chi connectivity index (χ3v) is 6.86. The van der Waals surface area contributed by atoms with Crippen molar-refractivity contribution in [2.24, 2.45) is 11.8 Å². The number of hydrogen-bond donors (Lipinski definition) is 2. The first-order valence-electron chi connectivity index (χ1n) is 12.5. The molecule has 1 saturated carbocycles. The van der Waals surface area contributed by atoms with Gasteiger partial charge in [-0.3, -0.25) is 9.59 Å². The summed E-state index contributed by atoms with van der Waals surface area (Å²) in [5, 5.41) is 5.91. The van der Waals surface area contributed by atoms with Gasteiger partial charge in [0.1, 0.15) is 12.4 Å². The second-order valence-electron chi connectivity index (χ2n) is 10.2. The first-order valence-corrected chi connectivity index (χ1v) is 12.5. The van der Waals surface area contributed by atoms with Gasteiger partial charge in [-0.15, -0.1) is 0 Å². The van der Waals surface area contributed by atoms with E-state index >= 15 is 0 Å². The molecule has 9 nitrogen and oxygen atoms in total. The van der Waals surface area contributed by atoms with E-state index in [1.54, 1.807) is 42.2 Å². The highest BCUT2D eigenvalue weighted by atomic mass is 16.5. The van der Waals surface area contributed by atoms with Gasteiger partial charge in [0.25, 0.3) is 5.91 Å². The molecular weight excluding hydrogens is 448 g/mol. The maximum atomic E-state index is 13.4. The zero-order valence-electron chi connectivity index (χ0n) is 21.8. The Hall–Kier alpha value is -2.81. The van der Waals surface area contributed by atoms with Gasteiger partial charge in [-0.25, -0.2) is 4.79 Å². The third-order valence-electron chi connectivity index (χ3n) is 6.86. The minimum atomic E-state index is -0.268. The Morgan fingerprint density at radius 3 is 2.49 bits per heavy atom. The van der Waals surface area contributed by atoms with Crippen LogP contribution < -0.4 is 15.4 Å². The Morgan fingerprint density at radius 1 is 1.17 bits per heavy atom. The highest BCUT2D eigenvalue weighted by molar-refractivity contribution is 6.00. The maximum Gasteiger partial charge on any atom is 0.317 e. The molecule has 1 aliphatic heterocycles. The molecule has 1 aromatic carbocycles. The molecule has 2 aliphatic rings. The number of fused-ring (bicyclic) bond motifs is 1. The van der Waals surface area contributed by atoms with E-state index in [-0.39, 0.29) is 54.5 Å². The normalized spacial score (nSPS) is 24.0. The van der Waals surface area contributed by atoms with Crippen LogP contribution in [0.3, 0.4) is 0 Å². The summed E-state index contributed by atoms with van der Waals surface area (Å²) in [6.45, 7) is 8.83. The fraction of sp³-hybridized carbons (Fsp3) is 0.654. The fourth-order valence-corrected chi connectivity index (χ4v) is 4.38. The number of carbonyl (C=O) groups excluding carboxylic acids is 3. The fourth-order valence-electron chi connectivity index (χ4n) is 4.38. The molecule has 0 radical (unpaired) electrons. The Bertz CT molecular complexity index is 917. The molecule has 3 rings (SSSR count). The number of benzene rings is 1. The van der Waals surface area contributed by atoms with Crippen LogP contribution in [-0.2, 0) is 9.53 Å². The van der Waals surface area contributed by atoms with E-state index in [2.05, 4.69) is 10.6 Å². The van der Waals surface area contributed by atoms with E-state index < -0.39 is 0 Å². The molecule has 9 heteroatoms. The smallest absolute Gasteiger partial charge is 0.317 e. The second kappa shape index (κ2) is 11.7. The molecule has 3 atom stereocenters. The van der Waals surface area contributed by atoms with Crippen molar-refractivity contribution in [2.75, 3.05) is 39.2 Å². The minimum absolute atomic E-state index is 0.00331. The molecule has 1 aliphatic carbocycles. The molecule has 0 spiro atoms. The van der Waals surface area contributed by atoms with Crippen molar-refractivity contribution in [1.82, 2.24) is 15.1 Å². The first-order chi connectivity index (χ1) is 16.6. The van der Waals surface area contributed by atoms with Crippen LogP contribution in [0, 0.1) is 11.8 Å². The molecule has 0 unspecified atom stereocenters. The predicted molar refractivity (Wildman–Crippen MR) is 135 cm³/mol. The number of carbonyl (C=O) groups is 3. The molecule has 0 saturated heterocycles. The molecule has 1 heterocycles. The van der Waals surface area contributed by atoms with Crippen molar-refractivity contribution in [2.45, 2.75) is 65.1 Å². The van der Waals surface area contributed by atoms with Gasteiger partial charge in [0.15, 0.2) is 0 Å². The van der Waals surface area contributed by atoms with Crippen molar-refractivity contribution in [3.05, 3.63) is 23.8 Å². The number of ether oxygens (including phenoxy) is 2. The van der Waals surface area contributed by atoms with Gasteiger partial charge in [-0.2, -0.15) is 0 Å². The summed E-state index contributed by atoms with van der Waals surface area (Å²) in [5.74, 6) is 0.208. The Balaban J connectivity index is 1.91. The number of anilines is 1. The maximum absolute atomic E-state index is 13.4. The summed E-state index contributed by atoms with van der Waals surface area (Å²) < 4.78 is 11.8. The monoisotopic (exact) mass is 488 g/mol. The summed E-state index contributed by atoms with van der Waals surface area (Å²) in [4.78, 5) is 42.3. The second-order valence-corrected chi connectivity index (χ2v) is 10.2. The van der Waals surface area contributed by atoms with Gasteiger partial charge in [0.2, 0.25) is 5.91 Å². The van der Waals surface area contributed by atoms with Gasteiger partial charge in [0.05, 0.1) is 17.7 Å². The van der Waals surface area contributed by atoms with Crippen molar-refractivity contribution < 1.29 is 23.9 Å². The van der Waals surface area contributed by atoms with Crippen molar-refractivity contribution in [3.8, 4) is 5.75 Å². The van der Waals surface area contributed by atoms with Crippen LogP contribution in [0.1, 0.15) is 57.3 Å². The quantitative estimate of drug-likeness (QED) is 0.677. The van der Waals surface area contributed by atoms with Crippen molar-refractivity contribution in [3.63, 3.8) is 0 Å². The van der Waals surface area contributed by atoms with Crippen molar-refractivity contribution >= 4 is 23.5 Å². The molecule has 1 fully saturated rings. The summed E-state index contributed by atoms with van der Waals surface area (Å²) in [6, 6.07) is 4.74. The average Bonchev–Trinajstić information content (AvgIpc) is 2.76. The number of nitrogens with zero attached hydrogens (tertiary/aromatic N) is 2. The van der Waals surface area contributed by atoms with E-state index in [1.807, 2.05) is 27.7 Å². The lowest BCUT2D eigenvalue weighted by Crippen LogP contribution is -2.52. The lowest BCUT2D eigenvalue weighted by molar-refractivity contribution is -0.122. The van der Waals surface area contributed by atoms with Crippen LogP contribution in [0.15, 0.2) is 18.2 Å². The summed E-state index contributed by atoms with van der Waals surface area (Å²) in [6.07, 6.45) is 2.60. The summed E-state index contributed by atoms with van der Waals surface area (Å²) in [7, 11) is 3.35. The Morgan fingerprint density at radius 2 is 1.89 bits per heavy atom. The largest absolute Gasteiger partial charge is 0.491 e. The zero-order valence-corrected chi connectivity index (χ0v) is 21.8. The van der Waals surface area contributed by atoms with E-state index in [1.165, 1.54) is 0 Å². The first kappa shape index (κ1) is 26.8. The number of likely N-dealkylation sites (N-methyl/N-ethyl adjacent to an activating group) is 1. The summed E-state index contributed by atoms with van der Waals surface area (Å²) in [5.41, 5.74) is 0.938. The molecule has 0 bridgehead atoms. The zero-order chi connectivity index (χ0) is 25.7. The molecule has 35 heavy (non-hydrogen) atoms. The number of methoxy groups -OCH3 is 1. The molecular formula is C26H40N4O5. The lowest BCUT2D eigenvalue weighted by atomic mass is 9.85. The number of nitrogens with one attached hydrogen (secondary N) is 2. The van der Waals surface area contributed by atoms with Crippen LogP contribution in [-0.4, -0.2) is 79.7 Å². The topological polar surface area (TPSA) is 100 Å². The molecule has 0 aromatic heterocycles. The standard InChI is InChI=1S/C26H40N4O5/c1-16(2)27-26(33)30-13-17(3)23(34-6)14-29(5)25(32)21-12-20(28-24(31)19-8-7-9-19)10-11-22(21)35-15-18(30)4/h10-12,16-19,23H,7-9,13-15H2,1-6H3,(H,27,33)(H,28,31)/t17-,18+,23-/m0/s1. The van der Waals surface area contributed by atoms with Crippen LogP contribution >= 0.6 is 0 Å². The SMILES string of the molecule is CO[C@H]1CN(C)C(=O)c2cc(NC(=O)C3CCC3)ccc2OC[C@@H](C)N(C(=O)NC(C)C)C[C@@H]1C. The average molecular weight is 489 g/mol. The number of urea groups is 1. The van der Waals surface area contributed by atoms with Crippen LogP contribution in [0.25, 0.3) is 0 Å². The van der Waals surface area contributed by atoms with E-state index in [0.717, 1.165) is 19.3 Å². The van der Waals surface area contributed by atoms with E-state index in [9.17, 15) is 14.4 Å². The number of hydrogen-bond acceptors (Lipinski definition) is 5. The van der Waals surface area contributed by atoms with Gasteiger partial charge in [-0.1, -0.05) is 13.3 Å². The Kier molecular flexibility index (Phi) is 8.99. The third kappa shape index (κ3) is 6.66. The molecule has 194 valence electrons. The molecule has 1 aromatic rings. The van der Waals surface area contributed by atoms with Crippen molar-refractivity contribution in [1.29, 1.82) is 0 Å². The van der Waals surface area contributed by atoms with Gasteiger partial charge < -0.3 is 29.9 Å². The van der Waals surface area contributed by atoms with E-state index in [4.69, 9.17) is 9.47 Å². The van der Waals surface area contributed by atoms with Gasteiger partial charge in [-0.05, 0) is 51.8 Å². The van der Waals surface area contributed by atoms with Crippen LogP contribution in [0.2, 0.25) is 0 Å². The van der Waals surface area contributed by atoms with Gasteiger partial charge >= 0.3 is 6.03 Å².